The maximum Gasteiger partial charge on any atom is 0.409 e. The molecule has 158 valence electrons. The maximum absolute atomic E-state index is 13.3. The van der Waals surface area contributed by atoms with Gasteiger partial charge in [0.05, 0.1) is 7.11 Å². The first-order valence-corrected chi connectivity index (χ1v) is 9.40. The highest BCUT2D eigenvalue weighted by Crippen LogP contribution is 2.29. The summed E-state index contributed by atoms with van der Waals surface area (Å²) < 4.78 is 18.1. The quantitative estimate of drug-likeness (QED) is 0.356. The fourth-order valence-corrected chi connectivity index (χ4v) is 3.58. The van der Waals surface area contributed by atoms with Crippen molar-refractivity contribution in [3.63, 3.8) is 0 Å². The average molecular weight is 527 g/mol. The molecule has 0 bridgehead atoms. The van der Waals surface area contributed by atoms with Gasteiger partial charge in [-0.2, -0.15) is 0 Å². The van der Waals surface area contributed by atoms with Gasteiger partial charge in [0.1, 0.15) is 5.82 Å². The van der Waals surface area contributed by atoms with Gasteiger partial charge < -0.3 is 20.3 Å². The molecule has 1 heterocycles. The molecular formula is C19H29ClFIN4O2. The number of halogens is 3. The summed E-state index contributed by atoms with van der Waals surface area (Å²) in [6, 6.07) is 4.71. The van der Waals surface area contributed by atoms with E-state index in [4.69, 9.17) is 16.3 Å². The van der Waals surface area contributed by atoms with E-state index < -0.39 is 0 Å². The van der Waals surface area contributed by atoms with Crippen molar-refractivity contribution in [3.8, 4) is 0 Å². The van der Waals surface area contributed by atoms with E-state index >= 15 is 0 Å². The van der Waals surface area contributed by atoms with E-state index in [0.717, 1.165) is 18.4 Å². The zero-order chi connectivity index (χ0) is 20.0. The van der Waals surface area contributed by atoms with Crippen LogP contribution >= 0.6 is 35.6 Å². The van der Waals surface area contributed by atoms with E-state index in [9.17, 15) is 9.18 Å². The summed E-state index contributed by atoms with van der Waals surface area (Å²) >= 11 is 6.21. The van der Waals surface area contributed by atoms with E-state index in [-0.39, 0.29) is 47.3 Å². The number of nitrogens with zero attached hydrogens (tertiary/aromatic N) is 2. The Morgan fingerprint density at radius 3 is 2.57 bits per heavy atom. The molecule has 1 amide bonds. The van der Waals surface area contributed by atoms with Gasteiger partial charge in [0.25, 0.3) is 0 Å². The second-order valence-corrected chi connectivity index (χ2v) is 7.72. The fourth-order valence-electron chi connectivity index (χ4n) is 3.16. The SMILES string of the molecule is CN=C(NCC(C)(C)c1ccc(F)cc1Cl)NC1CCN(C(=O)OC)CC1.I. The molecule has 0 aliphatic carbocycles. The van der Waals surface area contributed by atoms with Gasteiger partial charge in [-0.15, -0.1) is 24.0 Å². The Kier molecular flexibility index (Phi) is 9.76. The molecule has 2 rings (SSSR count). The standard InChI is InChI=1S/C19H28ClFN4O2.HI/c1-19(2,15-6-5-13(21)11-16(15)20)12-23-17(22-3)24-14-7-9-25(10-8-14)18(26)27-4;/h5-6,11,14H,7-10,12H2,1-4H3,(H2,22,23,24);1H. The van der Waals surface area contributed by atoms with Crippen molar-refractivity contribution in [3.05, 3.63) is 34.6 Å². The first kappa shape index (κ1) is 24.7. The lowest BCUT2D eigenvalue weighted by molar-refractivity contribution is 0.111. The number of likely N-dealkylation sites (tertiary alicyclic amines) is 1. The minimum atomic E-state index is -0.344. The molecule has 0 radical (unpaired) electrons. The van der Waals surface area contributed by atoms with Gasteiger partial charge in [-0.3, -0.25) is 4.99 Å². The number of hydrogen-bond acceptors (Lipinski definition) is 3. The number of piperidine rings is 1. The molecule has 0 aromatic heterocycles. The number of carbonyl (C=O) groups excluding carboxylic acids is 1. The van der Waals surface area contributed by atoms with Crippen LogP contribution in [-0.4, -0.2) is 56.8 Å². The number of benzene rings is 1. The topological polar surface area (TPSA) is 66.0 Å². The van der Waals surface area contributed by atoms with Gasteiger partial charge in [0, 0.05) is 43.2 Å². The number of carbonyl (C=O) groups is 1. The third-order valence-corrected chi connectivity index (χ3v) is 5.16. The highest BCUT2D eigenvalue weighted by atomic mass is 127. The zero-order valence-electron chi connectivity index (χ0n) is 16.7. The Morgan fingerprint density at radius 1 is 1.39 bits per heavy atom. The summed E-state index contributed by atoms with van der Waals surface area (Å²) in [6.07, 6.45) is 1.36. The van der Waals surface area contributed by atoms with Gasteiger partial charge >= 0.3 is 6.09 Å². The van der Waals surface area contributed by atoms with Crippen molar-refractivity contribution in [2.24, 2.45) is 4.99 Å². The van der Waals surface area contributed by atoms with Crippen molar-refractivity contribution in [1.29, 1.82) is 0 Å². The molecule has 9 heteroatoms. The minimum Gasteiger partial charge on any atom is -0.453 e. The van der Waals surface area contributed by atoms with Gasteiger partial charge in [0.15, 0.2) is 5.96 Å². The van der Waals surface area contributed by atoms with E-state index in [1.165, 1.54) is 19.2 Å². The molecule has 6 nitrogen and oxygen atoms in total. The Bertz CT molecular complexity index is 695. The first-order chi connectivity index (χ1) is 12.8. The summed E-state index contributed by atoms with van der Waals surface area (Å²) in [5.74, 6) is 0.348. The van der Waals surface area contributed by atoms with E-state index in [2.05, 4.69) is 15.6 Å². The van der Waals surface area contributed by atoms with Crippen LogP contribution in [0.2, 0.25) is 5.02 Å². The Labute approximate surface area is 188 Å². The van der Waals surface area contributed by atoms with Gasteiger partial charge in [0.2, 0.25) is 0 Å². The van der Waals surface area contributed by atoms with E-state index in [0.29, 0.717) is 30.6 Å². The second kappa shape index (κ2) is 11.0. The summed E-state index contributed by atoms with van der Waals surface area (Å²) in [5.41, 5.74) is 0.566. The largest absolute Gasteiger partial charge is 0.453 e. The average Bonchev–Trinajstić information content (AvgIpc) is 2.64. The highest BCUT2D eigenvalue weighted by Gasteiger charge is 2.26. The number of rotatable bonds is 4. The summed E-state index contributed by atoms with van der Waals surface area (Å²) in [5, 5.41) is 7.14. The molecular weight excluding hydrogens is 498 g/mol. The third kappa shape index (κ3) is 6.65. The molecule has 0 saturated carbocycles. The number of amides is 1. The third-order valence-electron chi connectivity index (χ3n) is 4.85. The van der Waals surface area contributed by atoms with E-state index in [1.807, 2.05) is 13.8 Å². The fraction of sp³-hybridized carbons (Fsp3) is 0.579. The lowest BCUT2D eigenvalue weighted by atomic mass is 9.84. The van der Waals surface area contributed by atoms with Crippen molar-refractivity contribution in [2.45, 2.75) is 38.1 Å². The lowest BCUT2D eigenvalue weighted by Gasteiger charge is -2.33. The molecule has 2 N–H and O–H groups in total. The van der Waals surface area contributed by atoms with Crippen molar-refractivity contribution >= 4 is 47.6 Å². The van der Waals surface area contributed by atoms with Crippen molar-refractivity contribution < 1.29 is 13.9 Å². The van der Waals surface area contributed by atoms with Gasteiger partial charge in [-0.1, -0.05) is 31.5 Å². The highest BCUT2D eigenvalue weighted by molar-refractivity contribution is 14.0. The maximum atomic E-state index is 13.3. The monoisotopic (exact) mass is 526 g/mol. The van der Waals surface area contributed by atoms with Crippen LogP contribution in [0.15, 0.2) is 23.2 Å². The Hall–Kier alpha value is -1.29. The van der Waals surface area contributed by atoms with Crippen LogP contribution in [0.4, 0.5) is 9.18 Å². The number of guanidine groups is 1. The summed E-state index contributed by atoms with van der Waals surface area (Å²) in [4.78, 5) is 17.5. The van der Waals surface area contributed by atoms with Crippen LogP contribution in [0.25, 0.3) is 0 Å². The number of nitrogens with one attached hydrogen (secondary N) is 2. The number of ether oxygens (including phenoxy) is 1. The Morgan fingerprint density at radius 2 is 2.04 bits per heavy atom. The molecule has 1 fully saturated rings. The number of hydrogen-bond donors (Lipinski definition) is 2. The molecule has 0 unspecified atom stereocenters. The lowest BCUT2D eigenvalue weighted by Crippen LogP contribution is -2.51. The molecule has 1 saturated heterocycles. The molecule has 1 aliphatic rings. The molecule has 0 atom stereocenters. The predicted molar refractivity (Wildman–Crippen MR) is 121 cm³/mol. The van der Waals surface area contributed by atoms with Gasteiger partial charge in [-0.25, -0.2) is 9.18 Å². The summed E-state index contributed by atoms with van der Waals surface area (Å²) in [7, 11) is 3.12. The molecule has 0 spiro atoms. The predicted octanol–water partition coefficient (Wildman–Crippen LogP) is 3.77. The molecule has 28 heavy (non-hydrogen) atoms. The Balaban J connectivity index is 0.00000392. The van der Waals surface area contributed by atoms with Crippen molar-refractivity contribution in [1.82, 2.24) is 15.5 Å². The van der Waals surface area contributed by atoms with Crippen molar-refractivity contribution in [2.75, 3.05) is 33.8 Å². The normalized spacial score (nSPS) is 15.6. The van der Waals surface area contributed by atoms with Crippen LogP contribution in [0.5, 0.6) is 0 Å². The smallest absolute Gasteiger partial charge is 0.409 e. The van der Waals surface area contributed by atoms with Crippen LogP contribution in [-0.2, 0) is 10.2 Å². The number of aliphatic imine (C=N–C) groups is 1. The van der Waals surface area contributed by atoms with Crippen LogP contribution in [0.3, 0.4) is 0 Å². The second-order valence-electron chi connectivity index (χ2n) is 7.31. The van der Waals surface area contributed by atoms with Crippen LogP contribution < -0.4 is 10.6 Å². The van der Waals surface area contributed by atoms with Crippen LogP contribution in [0, 0.1) is 5.82 Å². The summed E-state index contributed by atoms with van der Waals surface area (Å²) in [6.45, 7) is 5.97. The first-order valence-electron chi connectivity index (χ1n) is 9.02. The van der Waals surface area contributed by atoms with E-state index in [1.54, 1.807) is 18.0 Å². The molecule has 1 aliphatic heterocycles. The number of methoxy groups -OCH3 is 1. The van der Waals surface area contributed by atoms with Gasteiger partial charge in [-0.05, 0) is 30.5 Å². The van der Waals surface area contributed by atoms with Crippen LogP contribution in [0.1, 0.15) is 32.3 Å². The minimum absolute atomic E-state index is 0. The molecule has 1 aromatic carbocycles. The zero-order valence-corrected chi connectivity index (χ0v) is 19.8. The molecule has 1 aromatic rings.